The van der Waals surface area contributed by atoms with Crippen LogP contribution in [0, 0.1) is 0 Å². The first-order chi connectivity index (χ1) is 8.70. The SMILES string of the molecule is CCN1CCCC(NC(=O)c2cccnc2Br)C1. The fourth-order valence-corrected chi connectivity index (χ4v) is 2.71. The molecule has 2 rings (SSSR count). The Morgan fingerprint density at radius 2 is 2.50 bits per heavy atom. The number of likely N-dealkylation sites (tertiary alicyclic amines) is 1. The predicted octanol–water partition coefficient (Wildman–Crippen LogP) is 2.06. The molecule has 1 saturated heterocycles. The summed E-state index contributed by atoms with van der Waals surface area (Å²) >= 11 is 3.30. The summed E-state index contributed by atoms with van der Waals surface area (Å²) in [6.07, 6.45) is 3.87. The lowest BCUT2D eigenvalue weighted by Crippen LogP contribution is -2.47. The molecule has 0 aliphatic carbocycles. The normalized spacial score (nSPS) is 20.7. The number of pyridine rings is 1. The highest BCUT2D eigenvalue weighted by molar-refractivity contribution is 9.10. The molecule has 1 aliphatic heterocycles. The Bertz CT molecular complexity index is 424. The van der Waals surface area contributed by atoms with Crippen molar-refractivity contribution < 1.29 is 4.79 Å². The van der Waals surface area contributed by atoms with Gasteiger partial charge in [-0.25, -0.2) is 4.98 Å². The first-order valence-corrected chi connectivity index (χ1v) is 7.13. The molecule has 5 heteroatoms. The van der Waals surface area contributed by atoms with Crippen LogP contribution in [-0.4, -0.2) is 41.5 Å². The van der Waals surface area contributed by atoms with Crippen molar-refractivity contribution in [2.45, 2.75) is 25.8 Å². The first-order valence-electron chi connectivity index (χ1n) is 6.34. The molecule has 1 aromatic rings. The fraction of sp³-hybridized carbons (Fsp3) is 0.538. The minimum Gasteiger partial charge on any atom is -0.348 e. The number of hydrogen-bond acceptors (Lipinski definition) is 3. The van der Waals surface area contributed by atoms with E-state index in [9.17, 15) is 4.79 Å². The average molecular weight is 312 g/mol. The van der Waals surface area contributed by atoms with E-state index in [2.05, 4.69) is 38.1 Å². The molecule has 0 aromatic carbocycles. The molecule has 1 atom stereocenters. The Kier molecular flexibility index (Phi) is 4.72. The number of hydrogen-bond donors (Lipinski definition) is 1. The third kappa shape index (κ3) is 3.29. The summed E-state index contributed by atoms with van der Waals surface area (Å²) in [6.45, 7) is 5.28. The van der Waals surface area contributed by atoms with Crippen molar-refractivity contribution in [3.8, 4) is 0 Å². The maximum atomic E-state index is 12.1. The third-order valence-corrected chi connectivity index (χ3v) is 3.92. The van der Waals surface area contributed by atoms with Gasteiger partial charge in [0.2, 0.25) is 0 Å². The second-order valence-electron chi connectivity index (χ2n) is 4.55. The van der Waals surface area contributed by atoms with Crippen molar-refractivity contribution in [1.82, 2.24) is 15.2 Å². The maximum absolute atomic E-state index is 12.1. The molecule has 1 amide bonds. The van der Waals surface area contributed by atoms with Crippen molar-refractivity contribution in [2.24, 2.45) is 0 Å². The molecular formula is C13H18BrN3O. The molecule has 1 aromatic heterocycles. The highest BCUT2D eigenvalue weighted by Crippen LogP contribution is 2.14. The molecular weight excluding hydrogens is 294 g/mol. The molecule has 18 heavy (non-hydrogen) atoms. The van der Waals surface area contributed by atoms with Crippen LogP contribution in [0.3, 0.4) is 0 Å². The van der Waals surface area contributed by atoms with Crippen molar-refractivity contribution in [3.05, 3.63) is 28.5 Å². The number of amides is 1. The molecule has 1 fully saturated rings. The Labute approximate surface area is 116 Å². The topological polar surface area (TPSA) is 45.2 Å². The molecule has 0 bridgehead atoms. The van der Waals surface area contributed by atoms with E-state index in [1.54, 1.807) is 18.3 Å². The maximum Gasteiger partial charge on any atom is 0.254 e. The van der Waals surface area contributed by atoms with Gasteiger partial charge < -0.3 is 10.2 Å². The van der Waals surface area contributed by atoms with Gasteiger partial charge in [-0.2, -0.15) is 0 Å². The Balaban J connectivity index is 1.97. The zero-order valence-electron chi connectivity index (χ0n) is 10.5. The highest BCUT2D eigenvalue weighted by atomic mass is 79.9. The predicted molar refractivity (Wildman–Crippen MR) is 74.5 cm³/mol. The van der Waals surface area contributed by atoms with Gasteiger partial charge in [0, 0.05) is 18.8 Å². The summed E-state index contributed by atoms with van der Waals surface area (Å²) < 4.78 is 0.602. The van der Waals surface area contributed by atoms with E-state index in [4.69, 9.17) is 0 Å². The van der Waals surface area contributed by atoms with Gasteiger partial charge in [-0.1, -0.05) is 6.92 Å². The molecule has 98 valence electrons. The van der Waals surface area contributed by atoms with Crippen LogP contribution < -0.4 is 5.32 Å². The second-order valence-corrected chi connectivity index (χ2v) is 5.30. The Hall–Kier alpha value is -0.940. The number of nitrogens with zero attached hydrogens (tertiary/aromatic N) is 2. The minimum absolute atomic E-state index is 0.0436. The van der Waals surface area contributed by atoms with Gasteiger partial charge in [-0.3, -0.25) is 4.79 Å². The van der Waals surface area contributed by atoms with Gasteiger partial charge in [0.15, 0.2) is 0 Å². The summed E-state index contributed by atoms with van der Waals surface area (Å²) in [5.74, 6) is -0.0436. The van der Waals surface area contributed by atoms with Crippen LogP contribution in [0.15, 0.2) is 22.9 Å². The molecule has 1 unspecified atom stereocenters. The summed E-state index contributed by atoms with van der Waals surface area (Å²) in [5, 5.41) is 3.09. The minimum atomic E-state index is -0.0436. The summed E-state index contributed by atoms with van der Waals surface area (Å²) in [6, 6.07) is 3.81. The smallest absolute Gasteiger partial charge is 0.254 e. The van der Waals surface area contributed by atoms with Crippen LogP contribution in [0.2, 0.25) is 0 Å². The largest absolute Gasteiger partial charge is 0.348 e. The molecule has 1 N–H and O–H groups in total. The third-order valence-electron chi connectivity index (χ3n) is 3.29. The van der Waals surface area contributed by atoms with Crippen LogP contribution in [0.25, 0.3) is 0 Å². The van der Waals surface area contributed by atoms with E-state index in [1.807, 2.05) is 0 Å². The zero-order chi connectivity index (χ0) is 13.0. The van der Waals surface area contributed by atoms with E-state index in [1.165, 1.54) is 0 Å². The van der Waals surface area contributed by atoms with Crippen LogP contribution in [-0.2, 0) is 0 Å². The van der Waals surface area contributed by atoms with Crippen LogP contribution in [0.1, 0.15) is 30.1 Å². The molecule has 4 nitrogen and oxygen atoms in total. The highest BCUT2D eigenvalue weighted by Gasteiger charge is 2.21. The quantitative estimate of drug-likeness (QED) is 0.869. The number of aromatic nitrogens is 1. The van der Waals surface area contributed by atoms with Gasteiger partial charge >= 0.3 is 0 Å². The number of rotatable bonds is 3. The molecule has 2 heterocycles. The van der Waals surface area contributed by atoms with E-state index in [-0.39, 0.29) is 11.9 Å². The van der Waals surface area contributed by atoms with Gasteiger partial charge in [-0.05, 0) is 54.0 Å². The Morgan fingerprint density at radius 3 is 3.22 bits per heavy atom. The van der Waals surface area contributed by atoms with Gasteiger partial charge in [0.05, 0.1) is 5.56 Å². The van der Waals surface area contributed by atoms with Crippen LogP contribution in [0.4, 0.5) is 0 Å². The van der Waals surface area contributed by atoms with Crippen molar-refractivity contribution >= 4 is 21.8 Å². The standard InChI is InChI=1S/C13H18BrN3O/c1-2-17-8-4-5-10(9-17)16-13(18)11-6-3-7-15-12(11)14/h3,6-7,10H,2,4-5,8-9H2,1H3,(H,16,18). The van der Waals surface area contributed by atoms with Crippen LogP contribution >= 0.6 is 15.9 Å². The number of nitrogens with one attached hydrogen (secondary N) is 1. The van der Waals surface area contributed by atoms with Gasteiger partial charge in [-0.15, -0.1) is 0 Å². The lowest BCUT2D eigenvalue weighted by Gasteiger charge is -2.32. The summed E-state index contributed by atoms with van der Waals surface area (Å²) in [7, 11) is 0. The number of piperidine rings is 1. The Morgan fingerprint density at radius 1 is 1.67 bits per heavy atom. The van der Waals surface area contributed by atoms with Crippen molar-refractivity contribution in [3.63, 3.8) is 0 Å². The zero-order valence-corrected chi connectivity index (χ0v) is 12.1. The lowest BCUT2D eigenvalue weighted by atomic mass is 10.1. The fourth-order valence-electron chi connectivity index (χ4n) is 2.28. The molecule has 1 aliphatic rings. The van der Waals surface area contributed by atoms with E-state index in [0.717, 1.165) is 32.5 Å². The van der Waals surface area contributed by atoms with E-state index >= 15 is 0 Å². The lowest BCUT2D eigenvalue weighted by molar-refractivity contribution is 0.0904. The number of carbonyl (C=O) groups excluding carboxylic acids is 1. The first kappa shape index (κ1) is 13.5. The van der Waals surface area contributed by atoms with E-state index in [0.29, 0.717) is 10.2 Å². The van der Waals surface area contributed by atoms with Gasteiger partial charge in [0.1, 0.15) is 4.60 Å². The van der Waals surface area contributed by atoms with Gasteiger partial charge in [0.25, 0.3) is 5.91 Å². The second kappa shape index (κ2) is 6.29. The van der Waals surface area contributed by atoms with Crippen molar-refractivity contribution in [2.75, 3.05) is 19.6 Å². The van der Waals surface area contributed by atoms with E-state index < -0.39 is 0 Å². The summed E-state index contributed by atoms with van der Waals surface area (Å²) in [5.41, 5.74) is 0.603. The average Bonchev–Trinajstić information content (AvgIpc) is 2.39. The molecule has 0 spiro atoms. The van der Waals surface area contributed by atoms with Crippen molar-refractivity contribution in [1.29, 1.82) is 0 Å². The molecule has 0 radical (unpaired) electrons. The summed E-state index contributed by atoms with van der Waals surface area (Å²) in [4.78, 5) is 18.6. The molecule has 0 saturated carbocycles. The monoisotopic (exact) mass is 311 g/mol. The number of likely N-dealkylation sites (N-methyl/N-ethyl adjacent to an activating group) is 1. The van der Waals surface area contributed by atoms with Crippen LogP contribution in [0.5, 0.6) is 0 Å². The number of halogens is 1. The number of carbonyl (C=O) groups is 1.